The van der Waals surface area contributed by atoms with Crippen LogP contribution in [0.3, 0.4) is 0 Å². The lowest BCUT2D eigenvalue weighted by molar-refractivity contribution is -0.00777. The normalized spacial score (nSPS) is 25.9. The second-order valence-corrected chi connectivity index (χ2v) is 11.6. The zero-order chi connectivity index (χ0) is 25.0. The molecule has 2 aromatic heterocycles. The number of carbonyl (C=O) groups is 1. The summed E-state index contributed by atoms with van der Waals surface area (Å²) in [5.74, 6) is 2.84. The van der Waals surface area contributed by atoms with Crippen LogP contribution in [0.1, 0.15) is 65.8 Å². The fourth-order valence-corrected chi connectivity index (χ4v) is 7.60. The van der Waals surface area contributed by atoms with E-state index in [2.05, 4.69) is 28.8 Å². The predicted octanol–water partition coefficient (Wildman–Crippen LogP) is 6.23. The Labute approximate surface area is 217 Å². The zero-order valence-corrected chi connectivity index (χ0v) is 21.2. The Kier molecular flexibility index (Phi) is 5.31. The first-order chi connectivity index (χ1) is 18.0. The van der Waals surface area contributed by atoms with Crippen molar-refractivity contribution in [2.24, 2.45) is 17.8 Å². The Balaban J connectivity index is 1.16. The zero-order valence-electron chi connectivity index (χ0n) is 21.2. The lowest BCUT2D eigenvalue weighted by Gasteiger charge is -2.56. The molecule has 0 unspecified atom stereocenters. The molecule has 2 heterocycles. The van der Waals surface area contributed by atoms with Crippen molar-refractivity contribution in [1.29, 1.82) is 0 Å². The van der Waals surface area contributed by atoms with Crippen LogP contribution >= 0.6 is 0 Å². The van der Waals surface area contributed by atoms with Crippen LogP contribution in [-0.4, -0.2) is 20.8 Å². The number of aromatic nitrogens is 3. The first-order valence-electron chi connectivity index (χ1n) is 13.5. The Hall–Kier alpha value is -3.67. The van der Waals surface area contributed by atoms with Crippen molar-refractivity contribution in [2.75, 3.05) is 0 Å². The number of aryl methyl sites for hydroxylation is 1. The highest BCUT2D eigenvalue weighted by atomic mass is 16.5. The number of benzene rings is 2. The molecule has 6 heteroatoms. The van der Waals surface area contributed by atoms with Crippen molar-refractivity contribution < 1.29 is 9.32 Å². The van der Waals surface area contributed by atoms with E-state index in [-0.39, 0.29) is 11.3 Å². The summed E-state index contributed by atoms with van der Waals surface area (Å²) < 4.78 is 7.49. The van der Waals surface area contributed by atoms with E-state index in [1.54, 1.807) is 6.07 Å². The Morgan fingerprint density at radius 3 is 2.35 bits per heavy atom. The van der Waals surface area contributed by atoms with Crippen LogP contribution in [0.25, 0.3) is 17.0 Å². The summed E-state index contributed by atoms with van der Waals surface area (Å²) in [6, 6.07) is 20.0. The Bertz CT molecular complexity index is 1400. The highest BCUT2D eigenvalue weighted by molar-refractivity contribution is 5.93. The van der Waals surface area contributed by atoms with E-state index < -0.39 is 0 Å². The van der Waals surface area contributed by atoms with Crippen molar-refractivity contribution >= 4 is 5.91 Å². The molecule has 4 fully saturated rings. The fourth-order valence-electron chi connectivity index (χ4n) is 7.60. The average molecular weight is 493 g/mol. The third-order valence-corrected chi connectivity index (χ3v) is 8.87. The topological polar surface area (TPSA) is 73.0 Å². The fraction of sp³-hybridized carbons (Fsp3) is 0.387. The molecule has 0 atom stereocenters. The highest BCUT2D eigenvalue weighted by Gasteiger charge is 2.53. The number of nitrogens with one attached hydrogen (secondary N) is 1. The summed E-state index contributed by atoms with van der Waals surface area (Å²) in [6.45, 7) is 2.47. The highest BCUT2D eigenvalue weighted by Crippen LogP contribution is 2.60. The Morgan fingerprint density at radius 2 is 1.68 bits per heavy atom. The maximum atomic E-state index is 13.1. The SMILES string of the molecule is Cc1ccc(-c2cc(C(=O)NCc3cn(-c4ccccc4)nc3C34CC5CC(CC(C5)C3)C4)no2)cc1. The molecule has 4 saturated carbocycles. The van der Waals surface area contributed by atoms with Gasteiger partial charge in [0, 0.05) is 35.3 Å². The maximum Gasteiger partial charge on any atom is 0.273 e. The monoisotopic (exact) mass is 492 g/mol. The van der Waals surface area contributed by atoms with Crippen LogP contribution in [0.15, 0.2) is 71.4 Å². The van der Waals surface area contributed by atoms with Crippen LogP contribution < -0.4 is 5.32 Å². The summed E-state index contributed by atoms with van der Waals surface area (Å²) in [5, 5.41) is 12.4. The van der Waals surface area contributed by atoms with Gasteiger partial charge < -0.3 is 9.84 Å². The van der Waals surface area contributed by atoms with Gasteiger partial charge in [0.1, 0.15) is 0 Å². The van der Waals surface area contributed by atoms with Crippen LogP contribution in [-0.2, 0) is 12.0 Å². The lowest BCUT2D eigenvalue weighted by atomic mass is 9.48. The largest absolute Gasteiger partial charge is 0.355 e. The second kappa shape index (κ2) is 8.72. The molecule has 4 bridgehead atoms. The molecule has 37 heavy (non-hydrogen) atoms. The summed E-state index contributed by atoms with van der Waals surface area (Å²) >= 11 is 0. The molecule has 188 valence electrons. The standard InChI is InChI=1S/C31H32N4O2/c1-20-7-9-24(10-8-20)28-14-27(34-37-28)30(36)32-18-25-19-35(26-5-3-2-4-6-26)33-29(25)31-15-21-11-22(16-31)13-23(12-21)17-31/h2-10,14,19,21-23H,11-13,15-18H2,1H3,(H,32,36). The van der Waals surface area contributed by atoms with Gasteiger partial charge in [-0.1, -0.05) is 53.2 Å². The average Bonchev–Trinajstić information content (AvgIpc) is 3.56. The molecule has 0 saturated heterocycles. The molecular weight excluding hydrogens is 460 g/mol. The molecule has 1 N–H and O–H groups in total. The molecule has 4 aliphatic carbocycles. The quantitative estimate of drug-likeness (QED) is 0.346. The number of para-hydroxylation sites is 1. The second-order valence-electron chi connectivity index (χ2n) is 11.6. The minimum atomic E-state index is -0.231. The smallest absolute Gasteiger partial charge is 0.273 e. The van der Waals surface area contributed by atoms with E-state index in [0.717, 1.165) is 34.6 Å². The van der Waals surface area contributed by atoms with Gasteiger partial charge in [-0.05, 0) is 75.3 Å². The van der Waals surface area contributed by atoms with E-state index >= 15 is 0 Å². The number of nitrogens with zero attached hydrogens (tertiary/aromatic N) is 3. The van der Waals surface area contributed by atoms with Crippen molar-refractivity contribution in [3.05, 3.63) is 89.4 Å². The molecule has 1 amide bonds. The summed E-state index contributed by atoms with van der Waals surface area (Å²) in [5.41, 5.74) is 5.87. The molecule has 4 aliphatic rings. The van der Waals surface area contributed by atoms with E-state index in [1.807, 2.05) is 54.1 Å². The van der Waals surface area contributed by atoms with E-state index in [4.69, 9.17) is 9.62 Å². The molecule has 0 radical (unpaired) electrons. The van der Waals surface area contributed by atoms with Gasteiger partial charge in [0.2, 0.25) is 0 Å². The first-order valence-corrected chi connectivity index (χ1v) is 13.5. The summed E-state index contributed by atoms with van der Waals surface area (Å²) in [7, 11) is 0. The van der Waals surface area contributed by atoms with E-state index in [0.29, 0.717) is 18.0 Å². The van der Waals surface area contributed by atoms with Crippen LogP contribution in [0.5, 0.6) is 0 Å². The molecule has 8 rings (SSSR count). The molecule has 0 spiro atoms. The summed E-state index contributed by atoms with van der Waals surface area (Å²) in [6.07, 6.45) is 9.98. The van der Waals surface area contributed by atoms with Crippen LogP contribution in [0, 0.1) is 24.7 Å². The van der Waals surface area contributed by atoms with Gasteiger partial charge >= 0.3 is 0 Å². The number of amides is 1. The molecular formula is C31H32N4O2. The van der Waals surface area contributed by atoms with Crippen molar-refractivity contribution in [1.82, 2.24) is 20.3 Å². The molecule has 4 aromatic rings. The maximum absolute atomic E-state index is 13.1. The van der Waals surface area contributed by atoms with Gasteiger partial charge in [-0.3, -0.25) is 4.79 Å². The first kappa shape index (κ1) is 22.5. The van der Waals surface area contributed by atoms with Crippen molar-refractivity contribution in [2.45, 2.75) is 57.4 Å². The van der Waals surface area contributed by atoms with Crippen LogP contribution in [0.2, 0.25) is 0 Å². The third kappa shape index (κ3) is 4.08. The molecule has 2 aromatic carbocycles. The summed E-state index contributed by atoms with van der Waals surface area (Å²) in [4.78, 5) is 13.1. The number of carbonyl (C=O) groups excluding carboxylic acids is 1. The molecule has 6 nitrogen and oxygen atoms in total. The van der Waals surface area contributed by atoms with Crippen molar-refractivity contribution in [3.63, 3.8) is 0 Å². The van der Waals surface area contributed by atoms with Gasteiger partial charge in [-0.2, -0.15) is 5.10 Å². The number of rotatable bonds is 6. The lowest BCUT2D eigenvalue weighted by Crippen LogP contribution is -2.49. The van der Waals surface area contributed by atoms with Gasteiger partial charge in [0.25, 0.3) is 5.91 Å². The van der Waals surface area contributed by atoms with Gasteiger partial charge in [-0.15, -0.1) is 0 Å². The third-order valence-electron chi connectivity index (χ3n) is 8.87. The molecule has 0 aliphatic heterocycles. The van der Waals surface area contributed by atoms with Gasteiger partial charge in [-0.25, -0.2) is 4.68 Å². The van der Waals surface area contributed by atoms with E-state index in [1.165, 1.54) is 49.8 Å². The van der Waals surface area contributed by atoms with E-state index in [9.17, 15) is 4.79 Å². The van der Waals surface area contributed by atoms with Crippen LogP contribution in [0.4, 0.5) is 0 Å². The van der Waals surface area contributed by atoms with Gasteiger partial charge in [0.05, 0.1) is 11.4 Å². The minimum absolute atomic E-state index is 0.140. The predicted molar refractivity (Wildman–Crippen MR) is 141 cm³/mol. The number of hydrogen-bond donors (Lipinski definition) is 1. The van der Waals surface area contributed by atoms with Crippen molar-refractivity contribution in [3.8, 4) is 17.0 Å². The number of hydrogen-bond acceptors (Lipinski definition) is 4. The Morgan fingerprint density at radius 1 is 1.00 bits per heavy atom. The minimum Gasteiger partial charge on any atom is -0.355 e. The van der Waals surface area contributed by atoms with Gasteiger partial charge in [0.15, 0.2) is 11.5 Å².